The van der Waals surface area contributed by atoms with Crippen molar-refractivity contribution >= 4 is 17.3 Å². The van der Waals surface area contributed by atoms with Gasteiger partial charge in [0, 0.05) is 31.0 Å². The van der Waals surface area contributed by atoms with Gasteiger partial charge in [0.05, 0.1) is 12.3 Å². The molecule has 0 atom stereocenters. The number of nitrogens with one attached hydrogen (secondary N) is 1. The number of rotatable bonds is 5. The lowest BCUT2D eigenvalue weighted by atomic mass is 10.2. The average molecular weight is 265 g/mol. The molecule has 0 saturated carbocycles. The number of aromatic nitrogens is 1. The summed E-state index contributed by atoms with van der Waals surface area (Å²) in [6.07, 6.45) is 4.11. The third-order valence-electron chi connectivity index (χ3n) is 2.62. The minimum absolute atomic E-state index is 0.641. The van der Waals surface area contributed by atoms with Gasteiger partial charge in [0.1, 0.15) is 5.75 Å². The Hall–Kier alpha value is -1.61. The normalized spacial score (nSPS) is 10.4. The first kappa shape index (κ1) is 12.8. The van der Waals surface area contributed by atoms with Crippen LogP contribution in [0.4, 0.5) is 5.69 Å². The summed E-state index contributed by atoms with van der Waals surface area (Å²) >= 11 is 6.00. The molecule has 0 aliphatic rings. The third-order valence-corrected chi connectivity index (χ3v) is 2.85. The number of hydrogen-bond donors (Lipinski definition) is 1. The second-order valence-electron chi connectivity index (χ2n) is 4.11. The number of ether oxygens (including phenoxy) is 1. The van der Waals surface area contributed by atoms with Crippen molar-refractivity contribution in [3.8, 4) is 5.75 Å². The second kappa shape index (κ2) is 5.83. The lowest BCUT2D eigenvalue weighted by molar-refractivity contribution is 0.341. The number of anilines is 1. The molecule has 1 aromatic heterocycles. The van der Waals surface area contributed by atoms with Crippen molar-refractivity contribution in [3.05, 3.63) is 47.2 Å². The first-order valence-electron chi connectivity index (χ1n) is 5.96. The summed E-state index contributed by atoms with van der Waals surface area (Å²) < 4.78 is 7.59. The third kappa shape index (κ3) is 3.20. The molecular formula is C14H17ClN2O. The van der Waals surface area contributed by atoms with Crippen molar-refractivity contribution in [3.63, 3.8) is 0 Å². The van der Waals surface area contributed by atoms with Crippen LogP contribution in [0.15, 0.2) is 36.7 Å². The van der Waals surface area contributed by atoms with Crippen LogP contribution in [-0.2, 0) is 13.6 Å². The summed E-state index contributed by atoms with van der Waals surface area (Å²) in [6.45, 7) is 3.36. The zero-order valence-corrected chi connectivity index (χ0v) is 11.4. The molecule has 1 aromatic carbocycles. The molecule has 96 valence electrons. The second-order valence-corrected chi connectivity index (χ2v) is 4.55. The number of benzene rings is 1. The van der Waals surface area contributed by atoms with Crippen LogP contribution in [-0.4, -0.2) is 11.2 Å². The van der Waals surface area contributed by atoms with Crippen LogP contribution in [0.1, 0.15) is 12.5 Å². The zero-order chi connectivity index (χ0) is 13.0. The maximum absolute atomic E-state index is 6.00. The van der Waals surface area contributed by atoms with Crippen LogP contribution >= 0.6 is 11.6 Å². The molecule has 0 fully saturated rings. The highest BCUT2D eigenvalue weighted by Crippen LogP contribution is 2.28. The lowest BCUT2D eigenvalue weighted by Crippen LogP contribution is -2.02. The van der Waals surface area contributed by atoms with Gasteiger partial charge in [-0.3, -0.25) is 0 Å². The van der Waals surface area contributed by atoms with Crippen LogP contribution in [0.5, 0.6) is 5.75 Å². The average Bonchev–Trinajstić information content (AvgIpc) is 2.76. The minimum Gasteiger partial charge on any atom is -0.492 e. The van der Waals surface area contributed by atoms with Gasteiger partial charge in [0.2, 0.25) is 0 Å². The van der Waals surface area contributed by atoms with Crippen molar-refractivity contribution in [2.24, 2.45) is 7.05 Å². The fourth-order valence-corrected chi connectivity index (χ4v) is 1.96. The van der Waals surface area contributed by atoms with Crippen molar-refractivity contribution in [1.29, 1.82) is 0 Å². The molecule has 1 N–H and O–H groups in total. The smallest absolute Gasteiger partial charge is 0.142 e. The van der Waals surface area contributed by atoms with Crippen LogP contribution < -0.4 is 10.1 Å². The summed E-state index contributed by atoms with van der Waals surface area (Å²) in [5, 5.41) is 4.05. The van der Waals surface area contributed by atoms with E-state index in [4.69, 9.17) is 16.3 Å². The van der Waals surface area contributed by atoms with E-state index in [1.54, 1.807) is 0 Å². The molecule has 1 heterocycles. The first-order valence-corrected chi connectivity index (χ1v) is 6.34. The van der Waals surface area contributed by atoms with E-state index in [0.717, 1.165) is 18.0 Å². The molecule has 0 amide bonds. The number of nitrogens with zero attached hydrogens (tertiary/aromatic N) is 1. The van der Waals surface area contributed by atoms with Gasteiger partial charge in [-0.1, -0.05) is 11.6 Å². The molecule has 0 bridgehead atoms. The summed E-state index contributed by atoms with van der Waals surface area (Å²) in [5.74, 6) is 0.831. The Kier molecular flexibility index (Phi) is 4.15. The highest BCUT2D eigenvalue weighted by molar-refractivity contribution is 6.30. The molecule has 3 nitrogen and oxygen atoms in total. The minimum atomic E-state index is 0.641. The van der Waals surface area contributed by atoms with E-state index >= 15 is 0 Å². The van der Waals surface area contributed by atoms with E-state index in [1.807, 2.05) is 42.9 Å². The molecule has 0 unspecified atom stereocenters. The van der Waals surface area contributed by atoms with E-state index in [-0.39, 0.29) is 0 Å². The van der Waals surface area contributed by atoms with Gasteiger partial charge < -0.3 is 14.6 Å². The molecule has 4 heteroatoms. The Balaban J connectivity index is 2.09. The predicted octanol–water partition coefficient (Wildman–Crippen LogP) is 3.69. The molecule has 0 saturated heterocycles. The summed E-state index contributed by atoms with van der Waals surface area (Å²) in [6, 6.07) is 7.69. The molecular weight excluding hydrogens is 248 g/mol. The van der Waals surface area contributed by atoms with Gasteiger partial charge in [-0.05, 0) is 36.8 Å². The van der Waals surface area contributed by atoms with Gasteiger partial charge in [-0.25, -0.2) is 0 Å². The molecule has 0 radical (unpaired) electrons. The van der Waals surface area contributed by atoms with Gasteiger partial charge in [0.25, 0.3) is 0 Å². The number of hydrogen-bond acceptors (Lipinski definition) is 2. The standard InChI is InChI=1S/C14H17ClN2O/c1-3-18-14-5-4-12(15)8-13(14)16-9-11-6-7-17(2)10-11/h4-8,10,16H,3,9H2,1-2H3. The van der Waals surface area contributed by atoms with Crippen molar-refractivity contribution < 1.29 is 4.74 Å². The van der Waals surface area contributed by atoms with E-state index in [9.17, 15) is 0 Å². The summed E-state index contributed by atoms with van der Waals surface area (Å²) in [4.78, 5) is 0. The van der Waals surface area contributed by atoms with Crippen LogP contribution in [0, 0.1) is 0 Å². The van der Waals surface area contributed by atoms with Crippen LogP contribution in [0.2, 0.25) is 5.02 Å². The molecule has 0 spiro atoms. The summed E-state index contributed by atoms with van der Waals surface area (Å²) in [5.41, 5.74) is 2.15. The van der Waals surface area contributed by atoms with Crippen LogP contribution in [0.3, 0.4) is 0 Å². The maximum Gasteiger partial charge on any atom is 0.142 e. The monoisotopic (exact) mass is 264 g/mol. The Labute approximate surface area is 112 Å². The zero-order valence-electron chi connectivity index (χ0n) is 10.6. The fraction of sp³-hybridized carbons (Fsp3) is 0.286. The Bertz CT molecular complexity index is 522. The lowest BCUT2D eigenvalue weighted by Gasteiger charge is -2.12. The SMILES string of the molecule is CCOc1ccc(Cl)cc1NCc1ccn(C)c1. The molecule has 0 aliphatic carbocycles. The largest absolute Gasteiger partial charge is 0.492 e. The van der Waals surface area contributed by atoms with Crippen molar-refractivity contribution in [2.45, 2.75) is 13.5 Å². The van der Waals surface area contributed by atoms with Gasteiger partial charge >= 0.3 is 0 Å². The molecule has 18 heavy (non-hydrogen) atoms. The highest BCUT2D eigenvalue weighted by Gasteiger charge is 2.04. The van der Waals surface area contributed by atoms with E-state index in [0.29, 0.717) is 11.6 Å². The van der Waals surface area contributed by atoms with E-state index in [1.165, 1.54) is 5.56 Å². The van der Waals surface area contributed by atoms with Gasteiger partial charge in [0.15, 0.2) is 0 Å². The number of aryl methyl sites for hydroxylation is 1. The topological polar surface area (TPSA) is 26.2 Å². The van der Waals surface area contributed by atoms with E-state index in [2.05, 4.69) is 17.6 Å². The predicted molar refractivity (Wildman–Crippen MR) is 75.4 cm³/mol. The molecule has 2 aromatic rings. The molecule has 2 rings (SSSR count). The highest BCUT2D eigenvalue weighted by atomic mass is 35.5. The van der Waals surface area contributed by atoms with Gasteiger partial charge in [-0.15, -0.1) is 0 Å². The quantitative estimate of drug-likeness (QED) is 0.891. The Morgan fingerprint density at radius 2 is 2.17 bits per heavy atom. The summed E-state index contributed by atoms with van der Waals surface area (Å²) in [7, 11) is 2.01. The maximum atomic E-state index is 6.00. The van der Waals surface area contributed by atoms with Crippen LogP contribution in [0.25, 0.3) is 0 Å². The Morgan fingerprint density at radius 1 is 1.33 bits per heavy atom. The van der Waals surface area contributed by atoms with Crippen molar-refractivity contribution in [2.75, 3.05) is 11.9 Å². The fourth-order valence-electron chi connectivity index (χ4n) is 1.78. The molecule has 0 aliphatic heterocycles. The number of halogens is 1. The van der Waals surface area contributed by atoms with Crippen molar-refractivity contribution in [1.82, 2.24) is 4.57 Å². The van der Waals surface area contributed by atoms with E-state index < -0.39 is 0 Å². The van der Waals surface area contributed by atoms with Gasteiger partial charge in [-0.2, -0.15) is 0 Å². The first-order chi connectivity index (χ1) is 8.69. The Morgan fingerprint density at radius 3 is 2.83 bits per heavy atom.